The maximum atomic E-state index is 10.5. The van der Waals surface area contributed by atoms with Crippen molar-refractivity contribution in [1.82, 2.24) is 0 Å². The predicted octanol–water partition coefficient (Wildman–Crippen LogP) is 3.27. The van der Waals surface area contributed by atoms with Gasteiger partial charge >= 0.3 is 0 Å². The van der Waals surface area contributed by atoms with Crippen LogP contribution in [-0.2, 0) is 9.59 Å². The second-order valence-corrected chi connectivity index (χ2v) is 6.35. The van der Waals surface area contributed by atoms with Crippen molar-refractivity contribution in [2.24, 2.45) is 20.8 Å². The van der Waals surface area contributed by atoms with Crippen LogP contribution in [0.3, 0.4) is 0 Å². The van der Waals surface area contributed by atoms with Crippen LogP contribution >= 0.6 is 0 Å². The van der Waals surface area contributed by atoms with Crippen molar-refractivity contribution in [3.05, 3.63) is 0 Å². The fourth-order valence-electron chi connectivity index (χ4n) is 2.04. The van der Waals surface area contributed by atoms with Crippen molar-refractivity contribution < 1.29 is 9.59 Å². The minimum Gasteiger partial charge on any atom is -0.211 e. The quantitative estimate of drug-likeness (QED) is 0.396. The SMILES string of the molecule is CC(C)(CCCN=C=O)C(C)(C)C(C)(C)N=C=O. The van der Waals surface area contributed by atoms with E-state index in [1.54, 1.807) is 12.2 Å². The van der Waals surface area contributed by atoms with Gasteiger partial charge in [0.2, 0.25) is 12.2 Å². The lowest BCUT2D eigenvalue weighted by molar-refractivity contribution is 0.0282. The van der Waals surface area contributed by atoms with Crippen LogP contribution in [0.5, 0.6) is 0 Å². The molecular formula is C14H24N2O2. The van der Waals surface area contributed by atoms with Gasteiger partial charge in [0.05, 0.1) is 12.1 Å². The molecule has 0 aromatic rings. The Hall–Kier alpha value is -1.24. The monoisotopic (exact) mass is 252 g/mol. The van der Waals surface area contributed by atoms with Gasteiger partial charge in [-0.05, 0) is 37.5 Å². The highest BCUT2D eigenvalue weighted by Gasteiger charge is 2.47. The average Bonchev–Trinajstić information content (AvgIpc) is 2.24. The van der Waals surface area contributed by atoms with Gasteiger partial charge in [-0.3, -0.25) is 0 Å². The van der Waals surface area contributed by atoms with Crippen LogP contribution in [0.4, 0.5) is 0 Å². The molecule has 0 aromatic carbocycles. The first kappa shape index (κ1) is 16.8. The van der Waals surface area contributed by atoms with E-state index in [0.29, 0.717) is 6.54 Å². The van der Waals surface area contributed by atoms with Crippen molar-refractivity contribution in [3.63, 3.8) is 0 Å². The molecule has 0 aromatic heterocycles. The maximum absolute atomic E-state index is 10.5. The van der Waals surface area contributed by atoms with E-state index < -0.39 is 5.54 Å². The summed E-state index contributed by atoms with van der Waals surface area (Å²) in [4.78, 5) is 28.1. The Bertz CT molecular complexity index is 371. The van der Waals surface area contributed by atoms with Crippen LogP contribution in [-0.4, -0.2) is 24.2 Å². The summed E-state index contributed by atoms with van der Waals surface area (Å²) in [6.07, 6.45) is 4.95. The third kappa shape index (κ3) is 3.63. The molecule has 0 amide bonds. The van der Waals surface area contributed by atoms with Gasteiger partial charge in [-0.15, -0.1) is 0 Å². The first-order chi connectivity index (χ1) is 8.12. The van der Waals surface area contributed by atoms with Gasteiger partial charge in [0.25, 0.3) is 0 Å². The summed E-state index contributed by atoms with van der Waals surface area (Å²) in [5, 5.41) is 0. The molecule has 4 nitrogen and oxygen atoms in total. The lowest BCUT2D eigenvalue weighted by Crippen LogP contribution is -2.48. The van der Waals surface area contributed by atoms with Crippen LogP contribution in [0.1, 0.15) is 54.4 Å². The van der Waals surface area contributed by atoms with E-state index in [1.165, 1.54) is 0 Å². The van der Waals surface area contributed by atoms with Gasteiger partial charge in [0.15, 0.2) is 0 Å². The number of carbonyl (C=O) groups excluding carboxylic acids is 2. The Labute approximate surface area is 110 Å². The summed E-state index contributed by atoms with van der Waals surface area (Å²) in [6.45, 7) is 12.9. The fraction of sp³-hybridized carbons (Fsp3) is 0.857. The third-order valence-electron chi connectivity index (χ3n) is 4.68. The minimum absolute atomic E-state index is 0.0325. The van der Waals surface area contributed by atoms with Crippen LogP contribution in [0, 0.1) is 10.8 Å². The van der Waals surface area contributed by atoms with E-state index in [-0.39, 0.29) is 10.8 Å². The minimum atomic E-state index is -0.480. The van der Waals surface area contributed by atoms with Gasteiger partial charge in [-0.2, -0.15) is 4.99 Å². The molecule has 0 aliphatic carbocycles. The van der Waals surface area contributed by atoms with Crippen molar-refractivity contribution in [2.75, 3.05) is 6.54 Å². The van der Waals surface area contributed by atoms with Crippen LogP contribution in [0.15, 0.2) is 9.98 Å². The fourth-order valence-corrected chi connectivity index (χ4v) is 2.04. The Kier molecular flexibility index (Phi) is 5.66. The van der Waals surface area contributed by atoms with Crippen molar-refractivity contribution in [1.29, 1.82) is 0 Å². The molecule has 0 unspecified atom stereocenters. The molecule has 0 fully saturated rings. The van der Waals surface area contributed by atoms with Gasteiger partial charge in [0.1, 0.15) is 0 Å². The van der Waals surface area contributed by atoms with Gasteiger partial charge in [-0.25, -0.2) is 14.6 Å². The van der Waals surface area contributed by atoms with E-state index in [9.17, 15) is 9.59 Å². The van der Waals surface area contributed by atoms with Gasteiger partial charge in [0, 0.05) is 0 Å². The standard InChI is InChI=1S/C14H24N2O2/c1-12(2,8-7-9-15-10-17)13(3,4)14(5,6)16-11-18/h7-9H2,1-6H3. The smallest absolute Gasteiger partial charge is 0.211 e. The zero-order chi connectivity index (χ0) is 14.4. The molecule has 0 saturated heterocycles. The molecule has 0 saturated carbocycles. The molecule has 0 aliphatic rings. The molecule has 0 rings (SSSR count). The lowest BCUT2D eigenvalue weighted by Gasteiger charge is -2.49. The zero-order valence-electron chi connectivity index (χ0n) is 12.3. The molecule has 0 radical (unpaired) electrons. The molecular weight excluding hydrogens is 228 g/mol. The van der Waals surface area contributed by atoms with Crippen LogP contribution < -0.4 is 0 Å². The maximum Gasteiger partial charge on any atom is 0.235 e. The first-order valence-corrected chi connectivity index (χ1v) is 6.25. The summed E-state index contributed by atoms with van der Waals surface area (Å²) in [5.41, 5.74) is -0.691. The lowest BCUT2D eigenvalue weighted by atomic mass is 9.57. The highest BCUT2D eigenvalue weighted by Crippen LogP contribution is 2.50. The normalized spacial score (nSPS) is 12.6. The average molecular weight is 252 g/mol. The van der Waals surface area contributed by atoms with Crippen molar-refractivity contribution in [3.8, 4) is 0 Å². The third-order valence-corrected chi connectivity index (χ3v) is 4.68. The molecule has 0 heterocycles. The van der Waals surface area contributed by atoms with Gasteiger partial charge in [-0.1, -0.05) is 27.7 Å². The molecule has 18 heavy (non-hydrogen) atoms. The molecule has 0 aliphatic heterocycles. The number of isocyanates is 2. The van der Waals surface area contributed by atoms with E-state index >= 15 is 0 Å². The molecule has 0 atom stereocenters. The second kappa shape index (κ2) is 6.08. The summed E-state index contributed by atoms with van der Waals surface area (Å²) >= 11 is 0. The largest absolute Gasteiger partial charge is 0.235 e. The molecule has 0 bridgehead atoms. The number of rotatable bonds is 7. The van der Waals surface area contributed by atoms with Crippen molar-refractivity contribution >= 4 is 12.2 Å². The van der Waals surface area contributed by atoms with E-state index in [0.717, 1.165) is 12.8 Å². The Balaban J connectivity index is 4.94. The Morgan fingerprint density at radius 2 is 1.50 bits per heavy atom. The van der Waals surface area contributed by atoms with E-state index in [4.69, 9.17) is 0 Å². The van der Waals surface area contributed by atoms with Gasteiger partial charge < -0.3 is 0 Å². The summed E-state index contributed by atoms with van der Waals surface area (Å²) < 4.78 is 0. The van der Waals surface area contributed by atoms with Crippen LogP contribution in [0.25, 0.3) is 0 Å². The summed E-state index contributed by atoms with van der Waals surface area (Å²) in [6, 6.07) is 0. The second-order valence-electron chi connectivity index (χ2n) is 6.35. The molecule has 4 heteroatoms. The molecule has 0 spiro atoms. The van der Waals surface area contributed by atoms with E-state index in [2.05, 4.69) is 37.7 Å². The highest BCUT2D eigenvalue weighted by atomic mass is 16.1. The first-order valence-electron chi connectivity index (χ1n) is 6.25. The highest BCUT2D eigenvalue weighted by molar-refractivity contribution is 5.35. The Morgan fingerprint density at radius 1 is 0.944 bits per heavy atom. The number of hydrogen-bond donors (Lipinski definition) is 0. The van der Waals surface area contributed by atoms with Crippen molar-refractivity contribution in [2.45, 2.75) is 59.9 Å². The number of hydrogen-bond acceptors (Lipinski definition) is 4. The topological polar surface area (TPSA) is 58.9 Å². The number of nitrogens with zero attached hydrogens (tertiary/aromatic N) is 2. The molecule has 0 N–H and O–H groups in total. The Morgan fingerprint density at radius 3 is 1.94 bits per heavy atom. The predicted molar refractivity (Wildman–Crippen MR) is 72.0 cm³/mol. The van der Waals surface area contributed by atoms with Crippen LogP contribution in [0.2, 0.25) is 0 Å². The number of aliphatic imine (C=N–C) groups is 2. The summed E-state index contributed by atoms with van der Waals surface area (Å²) in [7, 11) is 0. The van der Waals surface area contributed by atoms with E-state index in [1.807, 2.05) is 13.8 Å². The summed E-state index contributed by atoms with van der Waals surface area (Å²) in [5.74, 6) is 0. The molecule has 102 valence electrons. The zero-order valence-corrected chi connectivity index (χ0v) is 12.3.